The monoisotopic (exact) mass is 474 g/mol. The first kappa shape index (κ1) is 24.8. The van der Waals surface area contributed by atoms with Gasteiger partial charge in [-0.05, 0) is 56.2 Å². The summed E-state index contributed by atoms with van der Waals surface area (Å²) >= 11 is 0. The molecule has 180 valence electrons. The third-order valence-electron chi connectivity index (χ3n) is 5.17. The average molecular weight is 474 g/mol. The first-order valence-electron chi connectivity index (χ1n) is 10.5. The molecule has 0 atom stereocenters. The molecule has 0 saturated carbocycles. The molecule has 0 aliphatic heterocycles. The van der Waals surface area contributed by atoms with Crippen molar-refractivity contribution in [1.29, 1.82) is 0 Å². The molecule has 0 aliphatic rings. The second-order valence-corrected chi connectivity index (χ2v) is 8.07. The van der Waals surface area contributed by atoms with E-state index >= 15 is 0 Å². The van der Waals surface area contributed by atoms with Gasteiger partial charge < -0.3 is 10.4 Å². The van der Waals surface area contributed by atoms with Crippen molar-refractivity contribution >= 4 is 28.4 Å². The normalized spacial score (nSPS) is 12.1. The van der Waals surface area contributed by atoms with E-state index in [1.807, 2.05) is 19.9 Å². The van der Waals surface area contributed by atoms with Crippen LogP contribution in [0.1, 0.15) is 42.5 Å². The molecule has 0 unspecified atom stereocenters. The number of alkyl halides is 3. The molecular weight excluding hydrogens is 449 g/mol. The predicted octanol–water partition coefficient (Wildman–Crippen LogP) is 4.34. The van der Waals surface area contributed by atoms with E-state index in [4.69, 9.17) is 0 Å². The van der Waals surface area contributed by atoms with Gasteiger partial charge in [-0.2, -0.15) is 18.3 Å². The first-order chi connectivity index (χ1) is 15.9. The molecule has 3 rings (SSSR count). The Morgan fingerprint density at radius 1 is 1.06 bits per heavy atom. The number of carbonyl (C=O) groups excluding carboxylic acids is 2. The topological polar surface area (TPSA) is 95.7 Å². The number of benzene rings is 2. The van der Waals surface area contributed by atoms with Crippen LogP contribution in [0.3, 0.4) is 0 Å². The van der Waals surface area contributed by atoms with Crippen LogP contribution in [0.25, 0.3) is 16.6 Å². The van der Waals surface area contributed by atoms with E-state index in [2.05, 4.69) is 15.8 Å². The van der Waals surface area contributed by atoms with E-state index in [-0.39, 0.29) is 41.5 Å². The standard InChI is InChI=1S/C24H25F3N4O3/c1-13-9-14(2)11-18(10-13)31-20-12-17(24(25,26)27)5-6-19(20)22(23(31)34)15(3)29-30-21(33)7-8-28-16(4)32/h5-6,9-12,34H,7-8H2,1-4H3,(H,28,32)(H,30,33)/b29-15+. The molecule has 10 heteroatoms. The Morgan fingerprint density at radius 3 is 2.29 bits per heavy atom. The fraction of sp³-hybridized carbons (Fsp3) is 0.292. The third kappa shape index (κ3) is 5.38. The highest BCUT2D eigenvalue weighted by Crippen LogP contribution is 2.39. The lowest BCUT2D eigenvalue weighted by molar-refractivity contribution is -0.137. The maximum atomic E-state index is 13.4. The minimum Gasteiger partial charge on any atom is -0.494 e. The number of halogens is 3. The molecule has 0 radical (unpaired) electrons. The van der Waals surface area contributed by atoms with Gasteiger partial charge in [-0.1, -0.05) is 12.1 Å². The van der Waals surface area contributed by atoms with E-state index in [1.54, 1.807) is 12.1 Å². The molecule has 0 spiro atoms. The number of amides is 2. The number of nitrogens with one attached hydrogen (secondary N) is 2. The number of fused-ring (bicyclic) bond motifs is 1. The summed E-state index contributed by atoms with van der Waals surface area (Å²) in [4.78, 5) is 22.9. The molecule has 3 aromatic rings. The van der Waals surface area contributed by atoms with Crippen molar-refractivity contribution in [3.8, 4) is 11.6 Å². The number of aromatic nitrogens is 1. The lowest BCUT2D eigenvalue weighted by Gasteiger charge is -2.11. The molecule has 3 N–H and O–H groups in total. The van der Waals surface area contributed by atoms with Gasteiger partial charge in [0.1, 0.15) is 0 Å². The molecule has 0 bridgehead atoms. The molecule has 7 nitrogen and oxygen atoms in total. The molecule has 2 aromatic carbocycles. The Bertz CT molecular complexity index is 1270. The quantitative estimate of drug-likeness (QED) is 0.366. The van der Waals surface area contributed by atoms with Gasteiger partial charge in [0.15, 0.2) is 0 Å². The van der Waals surface area contributed by atoms with E-state index in [0.717, 1.165) is 23.3 Å². The Labute approximate surface area is 194 Å². The molecular formula is C24H25F3N4O3. The number of hydrogen-bond donors (Lipinski definition) is 3. The van der Waals surface area contributed by atoms with Crippen molar-refractivity contribution in [3.05, 3.63) is 58.7 Å². The summed E-state index contributed by atoms with van der Waals surface area (Å²) in [6.07, 6.45) is -4.58. The van der Waals surface area contributed by atoms with Crippen molar-refractivity contribution in [2.24, 2.45) is 5.10 Å². The number of aryl methyl sites for hydroxylation is 2. The second-order valence-electron chi connectivity index (χ2n) is 8.07. The van der Waals surface area contributed by atoms with Crippen molar-refractivity contribution in [1.82, 2.24) is 15.3 Å². The average Bonchev–Trinajstić information content (AvgIpc) is 3.01. The van der Waals surface area contributed by atoms with Crippen LogP contribution < -0.4 is 10.7 Å². The number of nitrogens with zero attached hydrogens (tertiary/aromatic N) is 2. The predicted molar refractivity (Wildman–Crippen MR) is 123 cm³/mol. The number of hydrogen-bond acceptors (Lipinski definition) is 4. The Balaban J connectivity index is 2.11. The summed E-state index contributed by atoms with van der Waals surface area (Å²) in [6, 6.07) is 8.63. The number of rotatable bonds is 6. The summed E-state index contributed by atoms with van der Waals surface area (Å²) in [7, 11) is 0. The fourth-order valence-corrected chi connectivity index (χ4v) is 3.76. The molecule has 0 saturated heterocycles. The van der Waals surface area contributed by atoms with Crippen molar-refractivity contribution in [2.45, 2.75) is 40.3 Å². The SMILES string of the molecule is CC(=O)NCCC(=O)N/N=C(\C)c1c(O)n(-c2cc(C)cc(C)c2)c2cc(C(F)(F)F)ccc12. The molecule has 0 aliphatic carbocycles. The van der Waals surface area contributed by atoms with Gasteiger partial charge in [-0.15, -0.1) is 0 Å². The second kappa shape index (κ2) is 9.58. The summed E-state index contributed by atoms with van der Waals surface area (Å²) < 4.78 is 41.7. The Kier molecular flexibility index (Phi) is 6.99. The molecule has 2 amide bonds. The molecule has 0 fully saturated rings. The van der Waals surface area contributed by atoms with Crippen LogP contribution in [0.4, 0.5) is 13.2 Å². The minimum atomic E-state index is -4.56. The highest BCUT2D eigenvalue weighted by Gasteiger charge is 2.32. The van der Waals surface area contributed by atoms with Gasteiger partial charge in [0.2, 0.25) is 17.7 Å². The highest BCUT2D eigenvalue weighted by atomic mass is 19.4. The van der Waals surface area contributed by atoms with Crippen LogP contribution >= 0.6 is 0 Å². The number of hydrazone groups is 1. The van der Waals surface area contributed by atoms with Crippen molar-refractivity contribution in [2.75, 3.05) is 6.54 Å². The van der Waals surface area contributed by atoms with Crippen LogP contribution in [0.2, 0.25) is 0 Å². The summed E-state index contributed by atoms with van der Waals surface area (Å²) in [6.45, 7) is 6.70. The van der Waals surface area contributed by atoms with Crippen molar-refractivity contribution < 1.29 is 27.9 Å². The fourth-order valence-electron chi connectivity index (χ4n) is 3.76. The van der Waals surface area contributed by atoms with Crippen LogP contribution in [-0.2, 0) is 15.8 Å². The van der Waals surface area contributed by atoms with Gasteiger partial charge in [0, 0.05) is 31.0 Å². The van der Waals surface area contributed by atoms with E-state index < -0.39 is 17.6 Å². The lowest BCUT2D eigenvalue weighted by Crippen LogP contribution is -2.27. The van der Waals surface area contributed by atoms with E-state index in [9.17, 15) is 27.9 Å². The van der Waals surface area contributed by atoms with Crippen LogP contribution in [-0.4, -0.2) is 33.7 Å². The van der Waals surface area contributed by atoms with Crippen molar-refractivity contribution in [3.63, 3.8) is 0 Å². The van der Waals surface area contributed by atoms with Gasteiger partial charge in [0.05, 0.1) is 22.4 Å². The van der Waals surface area contributed by atoms with Gasteiger partial charge >= 0.3 is 6.18 Å². The third-order valence-corrected chi connectivity index (χ3v) is 5.17. The van der Waals surface area contributed by atoms with E-state index in [1.165, 1.54) is 24.5 Å². The smallest absolute Gasteiger partial charge is 0.416 e. The minimum absolute atomic E-state index is 0.0123. The van der Waals surface area contributed by atoms with Gasteiger partial charge in [-0.25, -0.2) is 5.43 Å². The Hall–Kier alpha value is -3.82. The number of aromatic hydroxyl groups is 1. The Morgan fingerprint density at radius 2 is 1.71 bits per heavy atom. The zero-order valence-corrected chi connectivity index (χ0v) is 19.2. The highest BCUT2D eigenvalue weighted by molar-refractivity contribution is 6.13. The summed E-state index contributed by atoms with van der Waals surface area (Å²) in [5, 5.41) is 18.0. The lowest BCUT2D eigenvalue weighted by atomic mass is 10.1. The maximum absolute atomic E-state index is 13.4. The van der Waals surface area contributed by atoms with E-state index in [0.29, 0.717) is 11.1 Å². The zero-order chi connectivity index (χ0) is 25.2. The largest absolute Gasteiger partial charge is 0.494 e. The molecule has 1 aromatic heterocycles. The maximum Gasteiger partial charge on any atom is 0.416 e. The van der Waals surface area contributed by atoms with Gasteiger partial charge in [0.25, 0.3) is 0 Å². The van der Waals surface area contributed by atoms with Crippen LogP contribution in [0.5, 0.6) is 5.88 Å². The summed E-state index contributed by atoms with van der Waals surface area (Å²) in [5.74, 6) is -1.03. The van der Waals surface area contributed by atoms with Crippen LogP contribution in [0, 0.1) is 13.8 Å². The van der Waals surface area contributed by atoms with Crippen LogP contribution in [0.15, 0.2) is 41.5 Å². The zero-order valence-electron chi connectivity index (χ0n) is 19.2. The number of carbonyl (C=O) groups is 2. The molecule has 1 heterocycles. The van der Waals surface area contributed by atoms with Gasteiger partial charge in [-0.3, -0.25) is 14.2 Å². The first-order valence-corrected chi connectivity index (χ1v) is 10.5. The summed E-state index contributed by atoms with van der Waals surface area (Å²) in [5.41, 5.74) is 4.30. The molecule has 34 heavy (non-hydrogen) atoms.